The van der Waals surface area contributed by atoms with Crippen LogP contribution in [0.5, 0.6) is 0 Å². The predicted molar refractivity (Wildman–Crippen MR) is 69.6 cm³/mol. The minimum atomic E-state index is -1.36. The molecule has 0 bridgehead atoms. The molecule has 6 heteroatoms. The minimum absolute atomic E-state index is 0.106. The summed E-state index contributed by atoms with van der Waals surface area (Å²) >= 11 is 5.71. The molecule has 0 saturated heterocycles. The lowest BCUT2D eigenvalue weighted by molar-refractivity contribution is -0.115. The van der Waals surface area contributed by atoms with Crippen molar-refractivity contribution in [1.82, 2.24) is 0 Å². The second kappa shape index (κ2) is 6.74. The molecule has 1 amide bonds. The molecule has 0 aromatic heterocycles. The fourth-order valence-corrected chi connectivity index (χ4v) is 2.12. The fraction of sp³-hybridized carbons (Fsp3) is 0.364. The van der Waals surface area contributed by atoms with Gasteiger partial charge in [0, 0.05) is 27.3 Å². The number of benzene rings is 1. The van der Waals surface area contributed by atoms with Gasteiger partial charge in [-0.1, -0.05) is 11.6 Å². The predicted octanol–water partition coefficient (Wildman–Crippen LogP) is 1.41. The van der Waals surface area contributed by atoms with E-state index < -0.39 is 16.0 Å². The maximum atomic E-state index is 11.7. The van der Waals surface area contributed by atoms with Gasteiger partial charge in [0.2, 0.25) is 5.91 Å². The van der Waals surface area contributed by atoms with E-state index in [9.17, 15) is 9.00 Å². The molecule has 0 aliphatic carbocycles. The number of hydrogen-bond donors (Lipinski definition) is 2. The van der Waals surface area contributed by atoms with Crippen molar-refractivity contribution in [2.75, 3.05) is 17.7 Å². The molecular formula is C11H14ClNO3S. The molecule has 0 spiro atoms. The molecule has 4 nitrogen and oxygen atoms in total. The van der Waals surface area contributed by atoms with Gasteiger partial charge >= 0.3 is 0 Å². The van der Waals surface area contributed by atoms with Crippen LogP contribution in [-0.2, 0) is 15.6 Å². The third kappa shape index (κ3) is 4.46. The van der Waals surface area contributed by atoms with E-state index >= 15 is 0 Å². The molecule has 0 radical (unpaired) electrons. The minimum Gasteiger partial charge on any atom is -0.395 e. The third-order valence-corrected chi connectivity index (χ3v) is 4.01. The molecule has 2 N–H and O–H groups in total. The van der Waals surface area contributed by atoms with Crippen molar-refractivity contribution in [3.8, 4) is 0 Å². The van der Waals surface area contributed by atoms with Crippen LogP contribution in [0.4, 0.5) is 5.69 Å². The number of aliphatic hydroxyl groups is 1. The topological polar surface area (TPSA) is 66.4 Å². The number of carbonyl (C=O) groups is 1. The first kappa shape index (κ1) is 14.2. The van der Waals surface area contributed by atoms with E-state index in [0.29, 0.717) is 10.7 Å². The van der Waals surface area contributed by atoms with Gasteiger partial charge in [-0.25, -0.2) is 0 Å². The summed E-state index contributed by atoms with van der Waals surface area (Å²) in [6.45, 7) is 1.38. The van der Waals surface area contributed by atoms with Gasteiger partial charge in [-0.2, -0.15) is 0 Å². The summed E-state index contributed by atoms with van der Waals surface area (Å²) in [5.74, 6) is -0.228. The lowest BCUT2D eigenvalue weighted by Gasteiger charge is -2.11. The second-order valence-electron chi connectivity index (χ2n) is 3.45. The Morgan fingerprint density at radius 2 is 2.06 bits per heavy atom. The SMILES string of the molecule is CC(C(=O)Nc1ccc(Cl)cc1)S(=O)CCO. The maximum Gasteiger partial charge on any atom is 0.239 e. The first-order valence-electron chi connectivity index (χ1n) is 5.09. The van der Waals surface area contributed by atoms with E-state index in [-0.39, 0.29) is 18.3 Å². The molecule has 0 saturated carbocycles. The Morgan fingerprint density at radius 3 is 2.59 bits per heavy atom. The Kier molecular flexibility index (Phi) is 5.61. The van der Waals surface area contributed by atoms with E-state index in [0.717, 1.165) is 0 Å². The first-order valence-corrected chi connectivity index (χ1v) is 6.85. The summed E-state index contributed by atoms with van der Waals surface area (Å²) in [4.78, 5) is 11.7. The Balaban J connectivity index is 2.59. The van der Waals surface area contributed by atoms with Crippen molar-refractivity contribution in [3.05, 3.63) is 29.3 Å². The summed E-state index contributed by atoms with van der Waals surface area (Å²) in [6.07, 6.45) is 0. The van der Waals surface area contributed by atoms with Crippen LogP contribution in [0.2, 0.25) is 5.02 Å². The summed E-state index contributed by atoms with van der Waals surface area (Å²) < 4.78 is 11.5. The van der Waals surface area contributed by atoms with E-state index in [1.165, 1.54) is 0 Å². The molecular weight excluding hydrogens is 262 g/mol. The zero-order valence-corrected chi connectivity index (χ0v) is 10.9. The number of aliphatic hydroxyl groups excluding tert-OH is 1. The summed E-state index contributed by atoms with van der Waals surface area (Å²) in [5, 5.41) is 11.2. The lowest BCUT2D eigenvalue weighted by atomic mass is 10.3. The second-order valence-corrected chi connectivity index (χ2v) is 5.76. The first-order chi connectivity index (χ1) is 8.04. The highest BCUT2D eigenvalue weighted by Crippen LogP contribution is 2.14. The van der Waals surface area contributed by atoms with Crippen LogP contribution in [0.25, 0.3) is 0 Å². The normalized spacial score (nSPS) is 14.1. The highest BCUT2D eigenvalue weighted by atomic mass is 35.5. The molecule has 0 fully saturated rings. The summed E-state index contributed by atoms with van der Waals surface area (Å²) in [7, 11) is -1.36. The molecule has 17 heavy (non-hydrogen) atoms. The highest BCUT2D eigenvalue weighted by Gasteiger charge is 2.19. The van der Waals surface area contributed by atoms with Crippen molar-refractivity contribution < 1.29 is 14.1 Å². The Labute approximate surface area is 107 Å². The van der Waals surface area contributed by atoms with E-state index in [1.807, 2.05) is 0 Å². The molecule has 1 aromatic carbocycles. The van der Waals surface area contributed by atoms with Crippen LogP contribution in [-0.4, -0.2) is 32.8 Å². The number of halogens is 1. The zero-order valence-electron chi connectivity index (χ0n) is 9.35. The fourth-order valence-electron chi connectivity index (χ4n) is 1.16. The van der Waals surface area contributed by atoms with Crippen LogP contribution < -0.4 is 5.32 Å². The maximum absolute atomic E-state index is 11.7. The smallest absolute Gasteiger partial charge is 0.239 e. The van der Waals surface area contributed by atoms with Gasteiger partial charge < -0.3 is 10.4 Å². The number of anilines is 1. The van der Waals surface area contributed by atoms with Crippen molar-refractivity contribution in [2.45, 2.75) is 12.2 Å². The molecule has 2 unspecified atom stereocenters. The van der Waals surface area contributed by atoms with Crippen LogP contribution in [0.3, 0.4) is 0 Å². The van der Waals surface area contributed by atoms with E-state index in [1.54, 1.807) is 31.2 Å². The van der Waals surface area contributed by atoms with E-state index in [2.05, 4.69) is 5.32 Å². The molecule has 1 aromatic rings. The van der Waals surface area contributed by atoms with Gasteiger partial charge in [0.25, 0.3) is 0 Å². The number of rotatable bonds is 5. The average Bonchev–Trinajstić information content (AvgIpc) is 2.31. The highest BCUT2D eigenvalue weighted by molar-refractivity contribution is 7.86. The molecule has 1 rings (SSSR count). The van der Waals surface area contributed by atoms with Crippen LogP contribution in [0.1, 0.15) is 6.92 Å². The lowest BCUT2D eigenvalue weighted by Crippen LogP contribution is -2.30. The average molecular weight is 276 g/mol. The molecule has 0 aliphatic heterocycles. The van der Waals surface area contributed by atoms with Gasteiger partial charge in [0.05, 0.1) is 6.61 Å². The zero-order chi connectivity index (χ0) is 12.8. The van der Waals surface area contributed by atoms with Crippen molar-refractivity contribution in [3.63, 3.8) is 0 Å². The molecule has 0 aliphatic rings. The van der Waals surface area contributed by atoms with Crippen molar-refractivity contribution in [2.24, 2.45) is 0 Å². The van der Waals surface area contributed by atoms with Crippen molar-refractivity contribution in [1.29, 1.82) is 0 Å². The largest absolute Gasteiger partial charge is 0.395 e. The van der Waals surface area contributed by atoms with E-state index in [4.69, 9.17) is 16.7 Å². The Morgan fingerprint density at radius 1 is 1.47 bits per heavy atom. The number of nitrogens with one attached hydrogen (secondary N) is 1. The van der Waals surface area contributed by atoms with Crippen LogP contribution in [0, 0.1) is 0 Å². The summed E-state index contributed by atoms with van der Waals surface area (Å²) in [6, 6.07) is 6.66. The van der Waals surface area contributed by atoms with Gasteiger partial charge in [0.15, 0.2) is 0 Å². The molecule has 0 heterocycles. The van der Waals surface area contributed by atoms with Crippen LogP contribution in [0.15, 0.2) is 24.3 Å². The van der Waals surface area contributed by atoms with Gasteiger partial charge in [-0.15, -0.1) is 0 Å². The number of amides is 1. The van der Waals surface area contributed by atoms with Crippen LogP contribution >= 0.6 is 11.6 Å². The molecule has 94 valence electrons. The number of hydrogen-bond acceptors (Lipinski definition) is 3. The Hall–Kier alpha value is -0.910. The number of carbonyl (C=O) groups excluding carboxylic acids is 1. The third-order valence-electron chi connectivity index (χ3n) is 2.17. The van der Waals surface area contributed by atoms with Gasteiger partial charge in [0.1, 0.15) is 5.25 Å². The Bertz CT molecular complexity index is 408. The quantitative estimate of drug-likeness (QED) is 0.854. The summed E-state index contributed by atoms with van der Waals surface area (Å²) in [5.41, 5.74) is 0.604. The van der Waals surface area contributed by atoms with Gasteiger partial charge in [-0.3, -0.25) is 9.00 Å². The van der Waals surface area contributed by atoms with Gasteiger partial charge in [-0.05, 0) is 31.2 Å². The monoisotopic (exact) mass is 275 g/mol. The standard InChI is InChI=1S/C11H14ClNO3S/c1-8(17(16)7-6-14)11(15)13-10-4-2-9(12)3-5-10/h2-5,8,14H,6-7H2,1H3,(H,13,15). The van der Waals surface area contributed by atoms with Crippen molar-refractivity contribution >= 4 is 34.0 Å². The molecule has 2 atom stereocenters.